The van der Waals surface area contributed by atoms with E-state index in [2.05, 4.69) is 0 Å². The Morgan fingerprint density at radius 2 is 1.84 bits per heavy atom. The molecule has 172 valence electrons. The number of methoxy groups -OCH3 is 1. The highest BCUT2D eigenvalue weighted by atomic mass is 19.4. The van der Waals surface area contributed by atoms with Crippen LogP contribution in [0, 0.1) is 5.41 Å². The minimum atomic E-state index is -5.09. The topological polar surface area (TPSA) is 76.0 Å². The van der Waals surface area contributed by atoms with Gasteiger partial charge in [-0.3, -0.25) is 0 Å². The first-order valence-electron chi connectivity index (χ1n) is 9.92. The van der Waals surface area contributed by atoms with Crippen LogP contribution < -0.4 is 0 Å². The molecular formula is C23H29F3O5. The second-order valence-corrected chi connectivity index (χ2v) is 8.42. The number of ether oxygens (including phenoxy) is 2. The molecule has 0 heterocycles. The number of aliphatic hydroxyl groups excluding tert-OH is 2. The Balaban J connectivity index is 2.44. The number of rotatable bonds is 6. The lowest BCUT2D eigenvalue weighted by molar-refractivity contribution is -0.279. The Morgan fingerprint density at radius 1 is 1.26 bits per heavy atom. The van der Waals surface area contributed by atoms with Crippen molar-refractivity contribution in [2.45, 2.75) is 64.2 Å². The molecule has 8 heteroatoms. The average Bonchev–Trinajstić information content (AvgIpc) is 2.66. The molecule has 0 bridgehead atoms. The zero-order valence-corrected chi connectivity index (χ0v) is 18.2. The van der Waals surface area contributed by atoms with Crippen molar-refractivity contribution >= 4 is 5.97 Å². The van der Waals surface area contributed by atoms with Gasteiger partial charge in [-0.05, 0) is 36.8 Å². The van der Waals surface area contributed by atoms with E-state index in [0.717, 1.165) is 24.8 Å². The van der Waals surface area contributed by atoms with E-state index in [1.54, 1.807) is 26.0 Å². The molecule has 0 spiro atoms. The zero-order valence-electron chi connectivity index (χ0n) is 18.2. The fourth-order valence-corrected chi connectivity index (χ4v) is 4.00. The molecule has 1 aliphatic carbocycles. The molecule has 0 unspecified atom stereocenters. The average molecular weight is 442 g/mol. The number of carbonyl (C=O) groups is 1. The van der Waals surface area contributed by atoms with Crippen molar-refractivity contribution in [2.75, 3.05) is 7.11 Å². The van der Waals surface area contributed by atoms with Gasteiger partial charge in [0.25, 0.3) is 5.60 Å². The molecule has 0 saturated heterocycles. The van der Waals surface area contributed by atoms with Crippen LogP contribution in [0.3, 0.4) is 0 Å². The predicted octanol–water partition coefficient (Wildman–Crippen LogP) is 4.05. The van der Waals surface area contributed by atoms with Gasteiger partial charge < -0.3 is 19.7 Å². The Bertz CT molecular complexity index is 843. The van der Waals surface area contributed by atoms with Crippen LogP contribution in [0.25, 0.3) is 0 Å². The Labute approximate surface area is 180 Å². The molecule has 4 atom stereocenters. The van der Waals surface area contributed by atoms with E-state index in [1.807, 2.05) is 13.8 Å². The lowest BCUT2D eigenvalue weighted by Crippen LogP contribution is -2.54. The highest BCUT2D eigenvalue weighted by molar-refractivity contribution is 5.83. The third-order valence-corrected chi connectivity index (χ3v) is 5.63. The van der Waals surface area contributed by atoms with Crippen molar-refractivity contribution in [3.05, 3.63) is 59.2 Å². The van der Waals surface area contributed by atoms with Crippen LogP contribution in [0.5, 0.6) is 0 Å². The van der Waals surface area contributed by atoms with E-state index >= 15 is 0 Å². The van der Waals surface area contributed by atoms with Gasteiger partial charge in [-0.1, -0.05) is 56.3 Å². The van der Waals surface area contributed by atoms with Crippen LogP contribution in [-0.4, -0.2) is 47.8 Å². The largest absolute Gasteiger partial charge is 0.457 e. The second-order valence-electron chi connectivity index (χ2n) is 8.42. The summed E-state index contributed by atoms with van der Waals surface area (Å²) in [6, 6.07) is 6.55. The normalized spacial score (nSPS) is 24.7. The molecule has 2 rings (SSSR count). The van der Waals surface area contributed by atoms with Gasteiger partial charge in [-0.15, -0.1) is 0 Å². The summed E-state index contributed by atoms with van der Waals surface area (Å²) in [5.74, 6) is -1.63. The molecular weight excluding hydrogens is 413 g/mol. The maximum absolute atomic E-state index is 14.1. The first-order chi connectivity index (χ1) is 14.3. The standard InChI is InChI=1S/C23H29F3O5/c1-14(27)11-12-17-15(2)19(28)18(13-21(17,3)4)31-20(29)22(30-5,23(24,25)26)16-9-7-6-8-10-16/h6-12,14,18-19,27-28H,13H2,1-5H3/b12-11+/t14-,18+,19-,22-/m1/s1. The van der Waals surface area contributed by atoms with Crippen LogP contribution in [0.4, 0.5) is 13.2 Å². The Hall–Kier alpha value is -2.16. The maximum Gasteiger partial charge on any atom is 0.432 e. The molecule has 2 N–H and O–H groups in total. The van der Waals surface area contributed by atoms with Crippen molar-refractivity contribution in [3.8, 4) is 0 Å². The van der Waals surface area contributed by atoms with E-state index < -0.39 is 47.0 Å². The number of halogens is 3. The molecule has 31 heavy (non-hydrogen) atoms. The van der Waals surface area contributed by atoms with Gasteiger partial charge in [0.1, 0.15) is 12.2 Å². The molecule has 1 aromatic carbocycles. The monoisotopic (exact) mass is 442 g/mol. The van der Waals surface area contributed by atoms with Crippen molar-refractivity contribution < 1.29 is 37.7 Å². The lowest BCUT2D eigenvalue weighted by atomic mass is 9.70. The van der Waals surface area contributed by atoms with E-state index in [1.165, 1.54) is 18.2 Å². The van der Waals surface area contributed by atoms with Gasteiger partial charge in [0.15, 0.2) is 0 Å². The number of esters is 1. The summed E-state index contributed by atoms with van der Waals surface area (Å²) in [5.41, 5.74) is -3.17. The van der Waals surface area contributed by atoms with E-state index in [4.69, 9.17) is 9.47 Å². The van der Waals surface area contributed by atoms with Crippen LogP contribution in [0.2, 0.25) is 0 Å². The summed E-state index contributed by atoms with van der Waals surface area (Å²) in [7, 11) is 0.799. The molecule has 0 fully saturated rings. The SMILES string of the molecule is CO[C@@](C(=O)O[C@H]1CC(C)(C)C(/C=C/[C@@H](C)O)=C(C)[C@H]1O)(c1ccccc1)C(F)(F)F. The van der Waals surface area contributed by atoms with E-state index in [0.29, 0.717) is 5.57 Å². The number of allylic oxidation sites excluding steroid dienone is 2. The number of alkyl halides is 3. The summed E-state index contributed by atoms with van der Waals surface area (Å²) < 4.78 is 52.3. The second kappa shape index (κ2) is 9.14. The smallest absolute Gasteiger partial charge is 0.432 e. The molecule has 1 aromatic rings. The van der Waals surface area contributed by atoms with Crippen molar-refractivity contribution in [2.24, 2.45) is 5.41 Å². The van der Waals surface area contributed by atoms with Crippen molar-refractivity contribution in [1.82, 2.24) is 0 Å². The molecule has 5 nitrogen and oxygen atoms in total. The lowest BCUT2D eigenvalue weighted by Gasteiger charge is -2.42. The van der Waals surface area contributed by atoms with Crippen molar-refractivity contribution in [3.63, 3.8) is 0 Å². The first-order valence-corrected chi connectivity index (χ1v) is 9.92. The molecule has 0 aromatic heterocycles. The summed E-state index contributed by atoms with van der Waals surface area (Å²) in [4.78, 5) is 12.9. The zero-order chi connectivity index (χ0) is 23.6. The first kappa shape index (κ1) is 25.1. The van der Waals surface area contributed by atoms with Gasteiger partial charge in [0.2, 0.25) is 0 Å². The minimum Gasteiger partial charge on any atom is -0.457 e. The fourth-order valence-electron chi connectivity index (χ4n) is 4.00. The van der Waals surface area contributed by atoms with Crippen LogP contribution in [0.1, 0.15) is 39.7 Å². The highest BCUT2D eigenvalue weighted by Crippen LogP contribution is 2.46. The van der Waals surface area contributed by atoms with Gasteiger partial charge in [0.05, 0.1) is 6.10 Å². The molecule has 0 saturated carbocycles. The third kappa shape index (κ3) is 4.86. The van der Waals surface area contributed by atoms with Gasteiger partial charge in [-0.25, -0.2) is 4.79 Å². The number of aliphatic hydroxyl groups is 2. The van der Waals surface area contributed by atoms with Gasteiger partial charge >= 0.3 is 12.1 Å². The van der Waals surface area contributed by atoms with Crippen LogP contribution in [-0.2, 0) is 19.9 Å². The number of hydrogen-bond donors (Lipinski definition) is 2. The minimum absolute atomic E-state index is 0.0865. The van der Waals surface area contributed by atoms with E-state index in [-0.39, 0.29) is 6.42 Å². The number of carbonyl (C=O) groups excluding carboxylic acids is 1. The van der Waals surface area contributed by atoms with Gasteiger partial charge in [0, 0.05) is 12.7 Å². The summed E-state index contributed by atoms with van der Waals surface area (Å²) in [6.45, 7) is 6.86. The molecule has 1 aliphatic rings. The number of benzene rings is 1. The fraction of sp³-hybridized carbons (Fsp3) is 0.522. The summed E-state index contributed by atoms with van der Waals surface area (Å²) >= 11 is 0. The van der Waals surface area contributed by atoms with E-state index in [9.17, 15) is 28.2 Å². The summed E-state index contributed by atoms with van der Waals surface area (Å²) in [5, 5.41) is 20.2. The summed E-state index contributed by atoms with van der Waals surface area (Å²) in [6.07, 6.45) is -4.98. The number of hydrogen-bond acceptors (Lipinski definition) is 5. The molecule has 0 aliphatic heterocycles. The van der Waals surface area contributed by atoms with Crippen molar-refractivity contribution in [1.29, 1.82) is 0 Å². The van der Waals surface area contributed by atoms with Crippen LogP contribution in [0.15, 0.2) is 53.6 Å². The Morgan fingerprint density at radius 3 is 2.32 bits per heavy atom. The molecule has 0 radical (unpaired) electrons. The highest BCUT2D eigenvalue weighted by Gasteiger charge is 2.64. The Kier molecular flexibility index (Phi) is 7.40. The van der Waals surface area contributed by atoms with Crippen LogP contribution >= 0.6 is 0 Å². The third-order valence-electron chi connectivity index (χ3n) is 5.63. The van der Waals surface area contributed by atoms with Gasteiger partial charge in [-0.2, -0.15) is 13.2 Å². The quantitative estimate of drug-likeness (QED) is 0.651. The predicted molar refractivity (Wildman–Crippen MR) is 109 cm³/mol. The molecule has 0 amide bonds. The maximum atomic E-state index is 14.1.